The minimum absolute atomic E-state index is 0.827. The maximum absolute atomic E-state index is 13.0. The van der Waals surface area contributed by atoms with E-state index in [1.807, 2.05) is 0 Å². The van der Waals surface area contributed by atoms with Gasteiger partial charge in [-0.15, -0.1) is 0 Å². The molecule has 458 valence electrons. The van der Waals surface area contributed by atoms with Crippen LogP contribution in [0.1, 0.15) is 20.3 Å². The molecular weight excluding hydrogens is 1090 g/mol. The summed E-state index contributed by atoms with van der Waals surface area (Å²) in [4.78, 5) is 37.7. The smallest absolute Gasteiger partial charge is 0.364 e. The number of carbonyl (C=O) groups is 3. The standard InChI is InChI=1S/C43H72N2O34/c1-10(51)44-19-12(53)3-43(42(67)68,78-34(19)21(55)13(54)4-46)79-36-23(57)15(6-48)72-41(31(36)65)75-32-17(8-50)73-38(20(25(32)59)45-11(2)52)69-9-18-24(58)35(77-39-29(63)26(60)22(56)14(5-47)71-39)30(64)40(74-18)76-33-16(7-49)70-37(66)28(62)27(33)61/h12-41,46-50,53-66H,3-9H2,1-2H3,(H,44,51)(H,45,52)(H,67,68)/t12-,13+,14+,15+,16+,17+,18+,19+,20+,21+,22-,23-,24-,25+,26-,27+,28+,29+,30+,31+,32+,33+,34+,35-,36-,37?,38+,39+,40-,41-,43?/m0/s1. The molecule has 79 heavy (non-hydrogen) atoms. The Morgan fingerprint density at radius 2 is 0.987 bits per heavy atom. The molecule has 2 amide bonds. The van der Waals surface area contributed by atoms with E-state index in [0.717, 1.165) is 13.8 Å². The van der Waals surface area contributed by atoms with Crippen LogP contribution in [0.2, 0.25) is 0 Å². The van der Waals surface area contributed by atoms with Crippen molar-refractivity contribution < 1.29 is 169 Å². The van der Waals surface area contributed by atoms with Crippen molar-refractivity contribution in [1.82, 2.24) is 10.6 Å². The number of ether oxygens (including phenoxy) is 11. The highest BCUT2D eigenvalue weighted by Crippen LogP contribution is 2.39. The summed E-state index contributed by atoms with van der Waals surface area (Å²) >= 11 is 0. The fourth-order valence-electron chi connectivity index (χ4n) is 9.92. The zero-order valence-corrected chi connectivity index (χ0v) is 41.9. The van der Waals surface area contributed by atoms with Crippen molar-refractivity contribution in [1.29, 1.82) is 0 Å². The summed E-state index contributed by atoms with van der Waals surface area (Å²) in [6.07, 6.45) is -58.1. The second kappa shape index (κ2) is 27.7. The summed E-state index contributed by atoms with van der Waals surface area (Å²) < 4.78 is 62.3. The third-order valence-corrected chi connectivity index (χ3v) is 14.2. The van der Waals surface area contributed by atoms with Crippen LogP contribution in [0.5, 0.6) is 0 Å². The second-order valence-electron chi connectivity index (χ2n) is 19.7. The number of aliphatic carboxylic acids is 1. The van der Waals surface area contributed by atoms with Gasteiger partial charge in [-0.05, 0) is 0 Å². The van der Waals surface area contributed by atoms with Gasteiger partial charge in [0.1, 0.15) is 140 Å². The van der Waals surface area contributed by atoms with Crippen LogP contribution in [-0.4, -0.2) is 349 Å². The van der Waals surface area contributed by atoms with Crippen molar-refractivity contribution in [2.45, 2.75) is 210 Å². The Hall–Kier alpha value is -2.79. The van der Waals surface area contributed by atoms with Crippen LogP contribution < -0.4 is 10.6 Å². The molecule has 2 unspecified atom stereocenters. The topological polar surface area (TPSA) is 581 Å². The molecule has 0 saturated carbocycles. The van der Waals surface area contributed by atoms with E-state index in [0.29, 0.717) is 0 Å². The fraction of sp³-hybridized carbons (Fsp3) is 0.930. The van der Waals surface area contributed by atoms with Crippen LogP contribution in [-0.2, 0) is 66.5 Å². The normalized spacial score (nSPS) is 47.7. The average Bonchev–Trinajstić information content (AvgIpc) is 3.41. The molecule has 0 radical (unpaired) electrons. The van der Waals surface area contributed by atoms with Gasteiger partial charge in [-0.1, -0.05) is 0 Å². The lowest BCUT2D eigenvalue weighted by Gasteiger charge is -2.51. The highest BCUT2D eigenvalue weighted by Gasteiger charge is 2.61. The highest BCUT2D eigenvalue weighted by molar-refractivity contribution is 5.76. The summed E-state index contributed by atoms with van der Waals surface area (Å²) in [7, 11) is 0. The van der Waals surface area contributed by atoms with Gasteiger partial charge in [0.2, 0.25) is 11.8 Å². The van der Waals surface area contributed by atoms with Crippen molar-refractivity contribution in [2.24, 2.45) is 0 Å². The molecule has 0 spiro atoms. The number of hydrogen-bond acceptors (Lipinski definition) is 33. The third-order valence-electron chi connectivity index (χ3n) is 14.2. The first-order chi connectivity index (χ1) is 37.2. The number of nitrogens with one attached hydrogen (secondary N) is 2. The maximum Gasteiger partial charge on any atom is 0.364 e. The first-order valence-electron chi connectivity index (χ1n) is 24.7. The summed E-state index contributed by atoms with van der Waals surface area (Å²) in [6, 6.07) is -3.48. The Morgan fingerprint density at radius 3 is 1.53 bits per heavy atom. The zero-order valence-electron chi connectivity index (χ0n) is 41.9. The molecule has 6 fully saturated rings. The molecule has 6 heterocycles. The molecule has 36 heteroatoms. The Balaban J connectivity index is 1.24. The predicted molar refractivity (Wildman–Crippen MR) is 240 cm³/mol. The molecule has 0 aromatic rings. The summed E-state index contributed by atoms with van der Waals surface area (Å²) in [5.74, 6) is -7.00. The molecule has 31 atom stereocenters. The van der Waals surface area contributed by atoms with Gasteiger partial charge in [-0.25, -0.2) is 4.79 Å². The molecule has 36 nitrogen and oxygen atoms in total. The van der Waals surface area contributed by atoms with E-state index >= 15 is 0 Å². The van der Waals surface area contributed by atoms with Crippen LogP contribution in [0.25, 0.3) is 0 Å². The van der Waals surface area contributed by atoms with E-state index in [2.05, 4.69) is 10.6 Å². The number of aliphatic hydroxyl groups excluding tert-OH is 19. The lowest BCUT2D eigenvalue weighted by Crippen LogP contribution is -2.71. The van der Waals surface area contributed by atoms with Crippen molar-refractivity contribution in [2.75, 3.05) is 39.6 Å². The predicted octanol–water partition coefficient (Wildman–Crippen LogP) is -14.6. The van der Waals surface area contributed by atoms with Crippen LogP contribution >= 0.6 is 0 Å². The van der Waals surface area contributed by atoms with E-state index in [-0.39, 0.29) is 0 Å². The van der Waals surface area contributed by atoms with E-state index in [1.165, 1.54) is 0 Å². The SMILES string of the molecule is CC(=O)N[C@H]1[C@H](OC[C@H]2O[C@@H](O[C@H]3[C@H](O)[C@@H](O)C(O)O[C@@H]3CO)[C@H](O)[C@@H](O[C@H]3O[C@H](CO)[C@H](O)[C@H](O)[C@H]3O)[C@H]2O)O[C@H](CO)[C@@H](O[C@@H]2O[C@H](CO)[C@H](O)[C@H](OC3(C(=O)O)C[C@H](O)[C@@H](NC(C)=O)[C@H]([C@H](O)[C@H](O)CO)O3)[C@H]2O)[C@@H]1O. The van der Waals surface area contributed by atoms with Crippen LogP contribution in [0, 0.1) is 0 Å². The lowest BCUT2D eigenvalue weighted by atomic mass is 9.88. The number of carboxylic acid groups (broad SMARTS) is 1. The number of carbonyl (C=O) groups excluding carboxylic acids is 2. The molecule has 6 saturated heterocycles. The van der Waals surface area contributed by atoms with E-state index in [4.69, 9.17) is 52.1 Å². The van der Waals surface area contributed by atoms with Crippen LogP contribution in [0.15, 0.2) is 0 Å². The Kier molecular flexibility index (Phi) is 22.9. The minimum atomic E-state index is -3.20. The van der Waals surface area contributed by atoms with E-state index in [1.54, 1.807) is 0 Å². The highest BCUT2D eigenvalue weighted by atomic mass is 16.8. The van der Waals surface area contributed by atoms with Gasteiger partial charge in [0.15, 0.2) is 31.5 Å². The Bertz CT molecular complexity index is 1970. The molecule has 22 N–H and O–H groups in total. The number of aliphatic hydroxyl groups is 19. The van der Waals surface area contributed by atoms with Crippen molar-refractivity contribution in [3.8, 4) is 0 Å². The van der Waals surface area contributed by atoms with Crippen molar-refractivity contribution in [3.05, 3.63) is 0 Å². The number of carboxylic acids is 1. The van der Waals surface area contributed by atoms with Crippen LogP contribution in [0.4, 0.5) is 0 Å². The largest absolute Gasteiger partial charge is 0.477 e. The summed E-state index contributed by atoms with van der Waals surface area (Å²) in [5, 5.41) is 218. The van der Waals surface area contributed by atoms with Crippen molar-refractivity contribution in [3.63, 3.8) is 0 Å². The molecule has 6 aliphatic heterocycles. The van der Waals surface area contributed by atoms with Crippen molar-refractivity contribution >= 4 is 17.8 Å². The first-order valence-corrected chi connectivity index (χ1v) is 24.7. The molecule has 6 aliphatic rings. The summed E-state index contributed by atoms with van der Waals surface area (Å²) in [5.41, 5.74) is 0. The van der Waals surface area contributed by atoms with Gasteiger partial charge in [0.25, 0.3) is 5.79 Å². The number of hydrogen-bond donors (Lipinski definition) is 22. The molecule has 0 aromatic carbocycles. The lowest BCUT2D eigenvalue weighted by molar-refractivity contribution is -0.387. The van der Waals surface area contributed by atoms with Gasteiger partial charge >= 0.3 is 5.97 Å². The first kappa shape index (κ1) is 65.4. The number of amides is 2. The van der Waals surface area contributed by atoms with Gasteiger partial charge < -0.3 is 165 Å². The Labute approximate surface area is 446 Å². The zero-order chi connectivity index (χ0) is 58.7. The molecule has 0 aliphatic carbocycles. The third kappa shape index (κ3) is 14.1. The molecular formula is C43H72N2O34. The second-order valence-corrected chi connectivity index (χ2v) is 19.7. The quantitative estimate of drug-likeness (QED) is 0.0507. The minimum Gasteiger partial charge on any atom is -0.477 e. The fourth-order valence-corrected chi connectivity index (χ4v) is 9.92. The molecule has 0 bridgehead atoms. The monoisotopic (exact) mass is 1160 g/mol. The maximum atomic E-state index is 13.0. The van der Waals surface area contributed by atoms with Gasteiger partial charge in [0.05, 0.1) is 51.8 Å². The van der Waals surface area contributed by atoms with E-state index in [9.17, 15) is 117 Å². The van der Waals surface area contributed by atoms with Crippen LogP contribution in [0.3, 0.4) is 0 Å². The van der Waals surface area contributed by atoms with Gasteiger partial charge in [-0.3, -0.25) is 9.59 Å². The molecule has 6 rings (SSSR count). The van der Waals surface area contributed by atoms with Gasteiger partial charge in [-0.2, -0.15) is 0 Å². The summed E-state index contributed by atoms with van der Waals surface area (Å²) in [6.45, 7) is -4.31. The van der Waals surface area contributed by atoms with Gasteiger partial charge in [0, 0.05) is 20.3 Å². The number of rotatable bonds is 21. The molecule has 0 aromatic heterocycles. The average molecular weight is 1160 g/mol. The van der Waals surface area contributed by atoms with E-state index < -0.39 is 254 Å². The Morgan fingerprint density at radius 1 is 0.519 bits per heavy atom.